The van der Waals surface area contributed by atoms with Gasteiger partial charge >= 0.3 is 0 Å². The maximum Gasteiger partial charge on any atom is 0.268 e. The molecule has 0 fully saturated rings. The van der Waals surface area contributed by atoms with Crippen molar-refractivity contribution in [2.75, 3.05) is 9.80 Å². The van der Waals surface area contributed by atoms with E-state index in [9.17, 15) is 0 Å². The van der Waals surface area contributed by atoms with Crippen molar-refractivity contribution >= 4 is 40.5 Å². The smallest absolute Gasteiger partial charge is 0.268 e. The Balaban J connectivity index is 1.42. The summed E-state index contributed by atoms with van der Waals surface area (Å²) in [7, 11) is 0. The van der Waals surface area contributed by atoms with E-state index >= 15 is 0 Å². The number of fused-ring (bicyclic) bond motifs is 4. The summed E-state index contributed by atoms with van der Waals surface area (Å²) in [6.45, 7) is 2.34. The Morgan fingerprint density at radius 1 is 0.549 bits per heavy atom. The topological polar surface area (TPSA) is 11.4 Å². The molecule has 2 aliphatic heterocycles. The van der Waals surface area contributed by atoms with E-state index < -0.39 is 0 Å². The molecule has 0 amide bonds. The van der Waals surface area contributed by atoms with E-state index in [1.807, 2.05) is 0 Å². The van der Waals surface area contributed by atoms with E-state index in [0.717, 1.165) is 12.1 Å². The highest BCUT2D eigenvalue weighted by molar-refractivity contribution is 6.94. The van der Waals surface area contributed by atoms with Crippen molar-refractivity contribution in [3.63, 3.8) is 0 Å². The van der Waals surface area contributed by atoms with Gasteiger partial charge in [0, 0.05) is 39.6 Å². The molecule has 10 rings (SSSR count). The fourth-order valence-corrected chi connectivity index (χ4v) is 8.84. The molecule has 0 saturated carbocycles. The Kier molecular flexibility index (Phi) is 6.95. The van der Waals surface area contributed by atoms with Crippen LogP contribution < -0.4 is 20.9 Å². The zero-order valence-corrected chi connectivity index (χ0v) is 28.5. The van der Waals surface area contributed by atoms with Gasteiger partial charge in [0.15, 0.2) is 0 Å². The lowest BCUT2D eigenvalue weighted by Gasteiger charge is -2.50. The number of allylic oxidation sites excluding steroid dienone is 1. The lowest BCUT2D eigenvalue weighted by atomic mass is 9.32. The highest BCUT2D eigenvalue weighted by Crippen LogP contribution is 2.52. The highest BCUT2D eigenvalue weighted by Gasteiger charge is 2.51. The van der Waals surface area contributed by atoms with Crippen LogP contribution in [0.3, 0.4) is 0 Å². The number of para-hydroxylation sites is 4. The maximum atomic E-state index is 2.68. The molecule has 51 heavy (non-hydrogen) atoms. The van der Waals surface area contributed by atoms with Gasteiger partial charge in [-0.1, -0.05) is 139 Å². The molecule has 1 atom stereocenters. The summed E-state index contributed by atoms with van der Waals surface area (Å²) in [6, 6.07) is 64.3. The normalized spacial score (nSPS) is 16.0. The van der Waals surface area contributed by atoms with Gasteiger partial charge < -0.3 is 14.4 Å². The fourth-order valence-electron chi connectivity index (χ4n) is 8.84. The van der Waals surface area contributed by atoms with Gasteiger partial charge in [-0.2, -0.15) is 0 Å². The van der Waals surface area contributed by atoms with Crippen molar-refractivity contribution < 1.29 is 0 Å². The number of hydrogen-bond donors (Lipinski definition) is 0. The molecule has 0 N–H and O–H groups in total. The highest BCUT2D eigenvalue weighted by atomic mass is 15.2. The molecular formula is C47H36BN3. The van der Waals surface area contributed by atoms with Gasteiger partial charge in [-0.25, -0.2) is 0 Å². The molecule has 0 spiro atoms. The van der Waals surface area contributed by atoms with Crippen LogP contribution in [0.4, 0.5) is 22.7 Å². The summed E-state index contributed by atoms with van der Waals surface area (Å²) in [5.41, 5.74) is 17.7. The average molecular weight is 654 g/mol. The first-order valence-corrected chi connectivity index (χ1v) is 17.9. The van der Waals surface area contributed by atoms with Gasteiger partial charge in [0.05, 0.1) is 17.4 Å². The molecule has 0 saturated heterocycles. The third-order valence-electron chi connectivity index (χ3n) is 10.8. The number of anilines is 4. The largest absolute Gasteiger partial charge is 0.333 e. The SMILES string of the molecule is CC1=CC2=C3B(c4ccccc4N2c2ccccc2)c2c(c(-c4ccccc4)c(-c4ccccc4)n2-c2ccccc2)N(c2ccccc2)C3C1. The monoisotopic (exact) mass is 653 g/mol. The van der Waals surface area contributed by atoms with Crippen molar-refractivity contribution in [2.45, 2.75) is 19.4 Å². The van der Waals surface area contributed by atoms with Crippen LogP contribution in [0.1, 0.15) is 13.3 Å². The van der Waals surface area contributed by atoms with Crippen molar-refractivity contribution in [3.8, 4) is 28.1 Å². The first-order chi connectivity index (χ1) is 25.3. The van der Waals surface area contributed by atoms with Gasteiger partial charge in [-0.15, -0.1) is 0 Å². The van der Waals surface area contributed by atoms with Crippen LogP contribution in [0.25, 0.3) is 28.1 Å². The van der Waals surface area contributed by atoms with Crippen LogP contribution in [-0.2, 0) is 0 Å². The molecule has 1 aliphatic carbocycles. The zero-order valence-electron chi connectivity index (χ0n) is 28.5. The number of rotatable bonds is 5. The second-order valence-corrected chi connectivity index (χ2v) is 13.8. The van der Waals surface area contributed by atoms with Crippen molar-refractivity contribution in [3.05, 3.63) is 199 Å². The van der Waals surface area contributed by atoms with E-state index in [1.54, 1.807) is 0 Å². The molecule has 1 unspecified atom stereocenters. The molecule has 6 aromatic carbocycles. The fraction of sp³-hybridized carbons (Fsp3) is 0.0638. The summed E-state index contributed by atoms with van der Waals surface area (Å²) in [6.07, 6.45) is 3.40. The molecule has 0 bridgehead atoms. The minimum Gasteiger partial charge on any atom is -0.333 e. The number of benzene rings is 6. The van der Waals surface area contributed by atoms with Crippen LogP contribution in [0.15, 0.2) is 199 Å². The number of aromatic nitrogens is 1. The minimum atomic E-state index is 0.0283. The molecule has 3 nitrogen and oxygen atoms in total. The summed E-state index contributed by atoms with van der Waals surface area (Å²) in [4.78, 5) is 5.19. The minimum absolute atomic E-state index is 0.0283. The van der Waals surface area contributed by atoms with Crippen molar-refractivity contribution in [1.29, 1.82) is 0 Å². The molecule has 4 heteroatoms. The molecule has 3 heterocycles. The van der Waals surface area contributed by atoms with E-state index in [4.69, 9.17) is 0 Å². The van der Waals surface area contributed by atoms with E-state index in [-0.39, 0.29) is 12.8 Å². The molecule has 3 aliphatic rings. The molecule has 7 aromatic rings. The standard InChI is InChI=1S/C47H36BN3/c1-33-31-41-44-42(32-33)50(37-25-13-5-14-26-37)46-43(34-19-7-2-8-20-34)45(35-21-9-3-10-22-35)51(38-27-15-6-16-28-38)47(46)48(44)39-29-17-18-30-40(39)49(41)36-23-11-4-12-24-36/h2-31,42H,32H2,1H3. The van der Waals surface area contributed by atoms with Gasteiger partial charge in [-0.3, -0.25) is 0 Å². The Morgan fingerprint density at radius 3 is 1.73 bits per heavy atom. The molecule has 242 valence electrons. The number of nitrogens with zero attached hydrogens (tertiary/aromatic N) is 3. The first kappa shape index (κ1) is 29.6. The van der Waals surface area contributed by atoms with E-state index in [0.29, 0.717) is 0 Å². The van der Waals surface area contributed by atoms with Crippen molar-refractivity contribution in [1.82, 2.24) is 4.57 Å². The predicted octanol–water partition coefficient (Wildman–Crippen LogP) is 10.2. The summed E-state index contributed by atoms with van der Waals surface area (Å²) >= 11 is 0. The third kappa shape index (κ3) is 4.60. The second kappa shape index (κ2) is 12.0. The first-order valence-electron chi connectivity index (χ1n) is 17.9. The second-order valence-electron chi connectivity index (χ2n) is 13.8. The number of hydrogen-bond acceptors (Lipinski definition) is 2. The Morgan fingerprint density at radius 2 is 1.08 bits per heavy atom. The average Bonchev–Trinajstić information content (AvgIpc) is 3.55. The van der Waals surface area contributed by atoms with Crippen LogP contribution in [-0.4, -0.2) is 17.3 Å². The van der Waals surface area contributed by atoms with Crippen molar-refractivity contribution in [2.24, 2.45) is 0 Å². The lowest BCUT2D eigenvalue weighted by molar-refractivity contribution is 0.725. The predicted molar refractivity (Wildman–Crippen MR) is 214 cm³/mol. The Bertz CT molecular complexity index is 2450. The lowest BCUT2D eigenvalue weighted by Crippen LogP contribution is -2.62. The molecule has 1 aromatic heterocycles. The van der Waals surface area contributed by atoms with Gasteiger partial charge in [0.2, 0.25) is 0 Å². The van der Waals surface area contributed by atoms with Gasteiger partial charge in [0.25, 0.3) is 6.71 Å². The van der Waals surface area contributed by atoms with Gasteiger partial charge in [-0.05, 0) is 83.9 Å². The van der Waals surface area contributed by atoms with Crippen LogP contribution in [0.5, 0.6) is 0 Å². The van der Waals surface area contributed by atoms with E-state index in [2.05, 4.69) is 203 Å². The summed E-state index contributed by atoms with van der Waals surface area (Å²) in [5.74, 6) is 0. The van der Waals surface area contributed by atoms with Crippen LogP contribution in [0, 0.1) is 0 Å². The Hall–Kier alpha value is -6.26. The van der Waals surface area contributed by atoms with Gasteiger partial charge in [0.1, 0.15) is 0 Å². The Labute approximate surface area is 300 Å². The third-order valence-corrected chi connectivity index (χ3v) is 10.8. The molecular weight excluding hydrogens is 617 g/mol. The van der Waals surface area contributed by atoms with Crippen LogP contribution in [0.2, 0.25) is 0 Å². The summed E-state index contributed by atoms with van der Waals surface area (Å²) < 4.78 is 2.59. The van der Waals surface area contributed by atoms with E-state index in [1.165, 1.54) is 72.9 Å². The quantitative estimate of drug-likeness (QED) is 0.171. The van der Waals surface area contributed by atoms with Crippen LogP contribution >= 0.6 is 0 Å². The summed E-state index contributed by atoms with van der Waals surface area (Å²) in [5, 5.41) is 0. The maximum absolute atomic E-state index is 2.68. The molecule has 0 radical (unpaired) electrons. The zero-order chi connectivity index (χ0) is 33.9.